The molecule has 0 aliphatic carbocycles. The van der Waals surface area contributed by atoms with Crippen molar-refractivity contribution in [3.8, 4) is 0 Å². The van der Waals surface area contributed by atoms with Gasteiger partial charge in [0.15, 0.2) is 0 Å². The van der Waals surface area contributed by atoms with Crippen LogP contribution in [0.25, 0.3) is 6.08 Å². The Labute approximate surface area is 168 Å². The third-order valence-electron chi connectivity index (χ3n) is 3.70. The van der Waals surface area contributed by atoms with Gasteiger partial charge in [-0.15, -0.1) is 0 Å². The number of hydrogen-bond donors (Lipinski definition) is 1. The molecular weight excluding hydrogens is 463 g/mol. The molecule has 138 valence electrons. The van der Waals surface area contributed by atoms with Crippen LogP contribution in [0.4, 0.5) is 5.69 Å². The highest BCUT2D eigenvalue weighted by molar-refractivity contribution is 14.1. The van der Waals surface area contributed by atoms with Crippen molar-refractivity contribution in [3.05, 3.63) is 65.7 Å². The van der Waals surface area contributed by atoms with Gasteiger partial charge in [0.25, 0.3) is 10.0 Å². The molecule has 0 aliphatic heterocycles. The molecule has 0 bridgehead atoms. The van der Waals surface area contributed by atoms with Crippen LogP contribution >= 0.6 is 22.9 Å². The SMILES string of the molecule is CC(=O)N(I)C(C)/C=C/c1cccc(NS(=O)(=O)c2ccc(C)cc2)c1. The Balaban J connectivity index is 2.16. The molecule has 0 saturated heterocycles. The molecule has 2 aromatic rings. The highest BCUT2D eigenvalue weighted by Crippen LogP contribution is 2.19. The van der Waals surface area contributed by atoms with Crippen LogP contribution in [0.3, 0.4) is 0 Å². The first kappa shape index (κ1) is 20.4. The number of sulfonamides is 1. The molecule has 0 spiro atoms. The maximum absolute atomic E-state index is 12.5. The first-order chi connectivity index (χ1) is 12.2. The average molecular weight is 484 g/mol. The number of nitrogens with zero attached hydrogens (tertiary/aromatic N) is 1. The molecule has 1 N–H and O–H groups in total. The van der Waals surface area contributed by atoms with Gasteiger partial charge in [-0.1, -0.05) is 42.0 Å². The Morgan fingerprint density at radius 1 is 1.19 bits per heavy atom. The van der Waals surface area contributed by atoms with Gasteiger partial charge in [-0.25, -0.2) is 8.42 Å². The van der Waals surface area contributed by atoms with Crippen LogP contribution in [0.1, 0.15) is 25.0 Å². The maximum Gasteiger partial charge on any atom is 0.261 e. The van der Waals surface area contributed by atoms with E-state index in [1.54, 1.807) is 45.6 Å². The summed E-state index contributed by atoms with van der Waals surface area (Å²) < 4.78 is 29.2. The number of carbonyl (C=O) groups excluding carboxylic acids is 1. The predicted molar refractivity (Wildman–Crippen MR) is 113 cm³/mol. The second kappa shape index (κ2) is 8.68. The minimum absolute atomic E-state index is 0.0256. The topological polar surface area (TPSA) is 66.5 Å². The van der Waals surface area contributed by atoms with Crippen LogP contribution in [0.15, 0.2) is 59.5 Å². The van der Waals surface area contributed by atoms with Crippen LogP contribution < -0.4 is 4.72 Å². The highest BCUT2D eigenvalue weighted by atomic mass is 127. The number of anilines is 1. The zero-order valence-electron chi connectivity index (χ0n) is 14.8. The molecule has 0 aromatic heterocycles. The summed E-state index contributed by atoms with van der Waals surface area (Å²) in [5.41, 5.74) is 2.33. The molecule has 0 radical (unpaired) electrons. The summed E-state index contributed by atoms with van der Waals surface area (Å²) in [5.74, 6) is -0.0256. The molecule has 5 nitrogen and oxygen atoms in total. The summed E-state index contributed by atoms with van der Waals surface area (Å²) in [5, 5.41) is 0. The molecular formula is C19H21IN2O3S. The van der Waals surface area contributed by atoms with Crippen LogP contribution in [-0.4, -0.2) is 23.5 Å². The fourth-order valence-corrected chi connectivity index (χ4v) is 3.49. The number of hydrogen-bond acceptors (Lipinski definition) is 3. The Bertz CT molecular complexity index is 909. The summed E-state index contributed by atoms with van der Waals surface area (Å²) in [6, 6.07) is 13.7. The largest absolute Gasteiger partial charge is 0.280 e. The van der Waals surface area contributed by atoms with Crippen molar-refractivity contribution in [1.29, 1.82) is 0 Å². The molecule has 1 unspecified atom stereocenters. The molecule has 0 fully saturated rings. The van der Waals surface area contributed by atoms with E-state index in [0.717, 1.165) is 11.1 Å². The summed E-state index contributed by atoms with van der Waals surface area (Å²) in [4.78, 5) is 11.6. The maximum atomic E-state index is 12.5. The molecule has 26 heavy (non-hydrogen) atoms. The van der Waals surface area contributed by atoms with E-state index in [4.69, 9.17) is 0 Å². The molecule has 0 saturated carbocycles. The number of nitrogens with one attached hydrogen (secondary N) is 1. The van der Waals surface area contributed by atoms with E-state index < -0.39 is 10.0 Å². The van der Waals surface area contributed by atoms with E-state index in [9.17, 15) is 13.2 Å². The minimum Gasteiger partial charge on any atom is -0.280 e. The standard InChI is InChI=1S/C19H21IN2O3S/c1-14-7-11-19(12-8-14)26(24,25)21-18-6-4-5-17(13-18)10-9-15(2)22(20)16(3)23/h4-13,15,21H,1-3H3/b10-9+. The Morgan fingerprint density at radius 3 is 2.46 bits per heavy atom. The van der Waals surface area contributed by atoms with E-state index >= 15 is 0 Å². The van der Waals surface area contributed by atoms with E-state index in [1.807, 2.05) is 54.9 Å². The fraction of sp³-hybridized carbons (Fsp3) is 0.211. The zero-order chi connectivity index (χ0) is 19.3. The normalized spacial score (nSPS) is 12.8. The lowest BCUT2D eigenvalue weighted by Crippen LogP contribution is -2.25. The second-order valence-electron chi connectivity index (χ2n) is 5.97. The van der Waals surface area contributed by atoms with Gasteiger partial charge in [-0.05, 0) is 43.7 Å². The predicted octanol–water partition coefficient (Wildman–Crippen LogP) is 4.40. The van der Waals surface area contributed by atoms with E-state index in [2.05, 4.69) is 4.72 Å². The monoisotopic (exact) mass is 484 g/mol. The second-order valence-corrected chi connectivity index (χ2v) is 8.70. The van der Waals surface area contributed by atoms with Crippen molar-refractivity contribution >= 4 is 50.6 Å². The van der Waals surface area contributed by atoms with E-state index in [-0.39, 0.29) is 16.8 Å². The van der Waals surface area contributed by atoms with E-state index in [0.29, 0.717) is 5.69 Å². The first-order valence-corrected chi connectivity index (χ1v) is 10.5. The molecule has 1 amide bonds. The van der Waals surface area contributed by atoms with Crippen LogP contribution in [0, 0.1) is 6.92 Å². The highest BCUT2D eigenvalue weighted by Gasteiger charge is 2.14. The number of halogens is 1. The van der Waals surface area contributed by atoms with Crippen molar-refractivity contribution < 1.29 is 13.2 Å². The molecule has 1 atom stereocenters. The van der Waals surface area contributed by atoms with Crippen LogP contribution in [-0.2, 0) is 14.8 Å². The van der Waals surface area contributed by atoms with Gasteiger partial charge >= 0.3 is 0 Å². The third-order valence-corrected chi connectivity index (χ3v) is 6.65. The first-order valence-electron chi connectivity index (χ1n) is 8.02. The summed E-state index contributed by atoms with van der Waals surface area (Å²) in [7, 11) is -3.63. The number of rotatable bonds is 6. The number of aryl methyl sites for hydroxylation is 1. The van der Waals surface area contributed by atoms with Crippen molar-refractivity contribution in [2.75, 3.05) is 4.72 Å². The number of carbonyl (C=O) groups is 1. The summed E-state index contributed by atoms with van der Waals surface area (Å²) in [6.45, 7) is 5.33. The van der Waals surface area contributed by atoms with Gasteiger partial charge in [-0.2, -0.15) is 0 Å². The zero-order valence-corrected chi connectivity index (χ0v) is 17.8. The van der Waals surface area contributed by atoms with Crippen LogP contribution in [0.5, 0.6) is 0 Å². The van der Waals surface area contributed by atoms with Crippen molar-refractivity contribution in [3.63, 3.8) is 0 Å². The Kier molecular flexibility index (Phi) is 6.82. The lowest BCUT2D eigenvalue weighted by molar-refractivity contribution is -0.123. The van der Waals surface area contributed by atoms with E-state index in [1.165, 1.54) is 6.92 Å². The average Bonchev–Trinajstić information content (AvgIpc) is 2.59. The Hall–Kier alpha value is -1.87. The molecule has 2 rings (SSSR count). The van der Waals surface area contributed by atoms with Crippen molar-refractivity contribution in [1.82, 2.24) is 3.11 Å². The van der Waals surface area contributed by atoms with Gasteiger partial charge in [0.2, 0.25) is 5.91 Å². The molecule has 2 aromatic carbocycles. The Morgan fingerprint density at radius 2 is 1.85 bits per heavy atom. The number of amides is 1. The number of benzene rings is 2. The minimum atomic E-state index is -3.63. The van der Waals surface area contributed by atoms with Gasteiger partial charge < -0.3 is 0 Å². The molecule has 0 heterocycles. The van der Waals surface area contributed by atoms with Gasteiger partial charge in [0.05, 0.1) is 33.8 Å². The van der Waals surface area contributed by atoms with Gasteiger partial charge in [0, 0.05) is 12.6 Å². The van der Waals surface area contributed by atoms with Crippen molar-refractivity contribution in [2.24, 2.45) is 0 Å². The van der Waals surface area contributed by atoms with Crippen LogP contribution in [0.2, 0.25) is 0 Å². The van der Waals surface area contributed by atoms with Gasteiger partial charge in [-0.3, -0.25) is 12.6 Å². The van der Waals surface area contributed by atoms with Crippen molar-refractivity contribution in [2.45, 2.75) is 31.7 Å². The molecule has 7 heteroatoms. The van der Waals surface area contributed by atoms with Gasteiger partial charge in [0.1, 0.15) is 0 Å². The summed E-state index contributed by atoms with van der Waals surface area (Å²) >= 11 is 1.97. The molecule has 0 aliphatic rings. The lowest BCUT2D eigenvalue weighted by Gasteiger charge is -2.17. The summed E-state index contributed by atoms with van der Waals surface area (Å²) in [6.07, 6.45) is 3.75. The quantitative estimate of drug-likeness (QED) is 0.489. The lowest BCUT2D eigenvalue weighted by atomic mass is 10.1. The third kappa shape index (κ3) is 5.57. The smallest absolute Gasteiger partial charge is 0.261 e. The fourth-order valence-electron chi connectivity index (χ4n) is 2.25.